The maximum atomic E-state index is 10.8. The van der Waals surface area contributed by atoms with E-state index >= 15 is 0 Å². The zero-order chi connectivity index (χ0) is 12.6. The molecule has 5 nitrogen and oxygen atoms in total. The molecule has 0 saturated heterocycles. The minimum absolute atomic E-state index is 0.0812. The molecule has 0 heterocycles. The van der Waals surface area contributed by atoms with Crippen molar-refractivity contribution in [2.75, 3.05) is 0 Å². The van der Waals surface area contributed by atoms with Gasteiger partial charge < -0.3 is 15.2 Å². The molecule has 0 rings (SSSR count). The lowest BCUT2D eigenvalue weighted by Crippen LogP contribution is -2.31. The van der Waals surface area contributed by atoms with Crippen LogP contribution in [0.2, 0.25) is 0 Å². The fraction of sp³-hybridized carbons (Fsp3) is 0.818. The summed E-state index contributed by atoms with van der Waals surface area (Å²) in [4.78, 5) is 20.9. The molecular formula is C11H21NO4. The van der Waals surface area contributed by atoms with Crippen LogP contribution < -0.4 is 5.32 Å². The summed E-state index contributed by atoms with van der Waals surface area (Å²) >= 11 is 0. The van der Waals surface area contributed by atoms with Gasteiger partial charge in [0, 0.05) is 19.4 Å². The Bertz CT molecular complexity index is 220. The Labute approximate surface area is 96.2 Å². The van der Waals surface area contributed by atoms with E-state index in [0.717, 1.165) is 0 Å². The van der Waals surface area contributed by atoms with Crippen molar-refractivity contribution in [1.82, 2.24) is 5.32 Å². The zero-order valence-electron chi connectivity index (χ0n) is 10.1. The van der Waals surface area contributed by atoms with Gasteiger partial charge in [0.25, 0.3) is 0 Å². The second kappa shape index (κ2) is 8.10. The number of aliphatic hydroxyl groups excluding tert-OH is 1. The molecule has 5 heteroatoms. The lowest BCUT2D eigenvalue weighted by molar-refractivity contribution is -0.147. The van der Waals surface area contributed by atoms with Crippen LogP contribution in [0.5, 0.6) is 0 Å². The summed E-state index contributed by atoms with van der Waals surface area (Å²) < 4.78 is 5.02. The minimum atomic E-state index is -0.577. The van der Waals surface area contributed by atoms with Crippen LogP contribution in [0.3, 0.4) is 0 Å². The van der Waals surface area contributed by atoms with Crippen molar-refractivity contribution in [3.05, 3.63) is 0 Å². The third-order valence-electron chi connectivity index (χ3n) is 2.30. The summed E-state index contributed by atoms with van der Waals surface area (Å²) in [6, 6.07) is -0.0812. The summed E-state index contributed by atoms with van der Waals surface area (Å²) in [6.45, 7) is 5.06. The molecular weight excluding hydrogens is 210 g/mol. The molecule has 0 aliphatic heterocycles. The molecule has 1 amide bonds. The van der Waals surface area contributed by atoms with Gasteiger partial charge >= 0.3 is 5.97 Å². The Kier molecular flexibility index (Phi) is 7.54. The molecule has 2 N–H and O–H groups in total. The second-order valence-corrected chi connectivity index (χ2v) is 3.95. The average Bonchev–Trinajstić information content (AvgIpc) is 2.15. The molecule has 16 heavy (non-hydrogen) atoms. The fourth-order valence-corrected chi connectivity index (χ4v) is 1.52. The highest BCUT2D eigenvalue weighted by molar-refractivity contribution is 5.66. The van der Waals surface area contributed by atoms with Crippen molar-refractivity contribution in [2.45, 2.75) is 58.3 Å². The molecule has 3 unspecified atom stereocenters. The fourth-order valence-electron chi connectivity index (χ4n) is 1.52. The maximum absolute atomic E-state index is 10.8. The van der Waals surface area contributed by atoms with Gasteiger partial charge in [-0.25, -0.2) is 0 Å². The number of esters is 1. The molecule has 0 aromatic rings. The number of hydrogen-bond acceptors (Lipinski definition) is 4. The number of hydrogen-bond donors (Lipinski definition) is 2. The Hall–Kier alpha value is -1.10. The van der Waals surface area contributed by atoms with Gasteiger partial charge in [0.1, 0.15) is 6.10 Å². The van der Waals surface area contributed by atoms with Crippen molar-refractivity contribution in [2.24, 2.45) is 0 Å². The number of rotatable bonds is 8. The van der Waals surface area contributed by atoms with E-state index in [9.17, 15) is 14.7 Å². The summed E-state index contributed by atoms with van der Waals surface area (Å²) in [5, 5.41) is 12.3. The summed E-state index contributed by atoms with van der Waals surface area (Å²) in [5.74, 6) is -0.335. The van der Waals surface area contributed by atoms with Gasteiger partial charge in [0.05, 0.1) is 6.10 Å². The molecule has 0 aliphatic carbocycles. The van der Waals surface area contributed by atoms with Crippen LogP contribution in [-0.4, -0.2) is 35.7 Å². The summed E-state index contributed by atoms with van der Waals surface area (Å²) in [6.07, 6.45) is 1.31. The molecule has 0 aliphatic rings. The number of nitrogens with one attached hydrogen (secondary N) is 1. The highest BCUT2D eigenvalue weighted by Crippen LogP contribution is 2.11. The van der Waals surface area contributed by atoms with E-state index in [1.807, 2.05) is 13.8 Å². The molecule has 0 bridgehead atoms. The number of carbonyl (C=O) groups is 2. The molecule has 0 fully saturated rings. The lowest BCUT2D eigenvalue weighted by atomic mass is 10.0. The Morgan fingerprint density at radius 1 is 1.50 bits per heavy atom. The Morgan fingerprint density at radius 3 is 2.56 bits per heavy atom. The predicted octanol–water partition coefficient (Wildman–Crippen LogP) is 0.604. The van der Waals surface area contributed by atoms with E-state index in [2.05, 4.69) is 5.32 Å². The molecule has 3 atom stereocenters. The Balaban J connectivity index is 3.94. The molecule has 0 aromatic heterocycles. The van der Waals surface area contributed by atoms with Crippen molar-refractivity contribution in [1.29, 1.82) is 0 Å². The number of amides is 1. The van der Waals surface area contributed by atoms with Crippen molar-refractivity contribution < 1.29 is 19.4 Å². The van der Waals surface area contributed by atoms with Gasteiger partial charge in [-0.3, -0.25) is 9.59 Å². The smallest absolute Gasteiger partial charge is 0.302 e. The summed E-state index contributed by atoms with van der Waals surface area (Å²) in [7, 11) is 0. The van der Waals surface area contributed by atoms with Gasteiger partial charge in [-0.1, -0.05) is 6.92 Å². The number of ether oxygens (including phenoxy) is 1. The van der Waals surface area contributed by atoms with E-state index in [4.69, 9.17) is 4.74 Å². The van der Waals surface area contributed by atoms with Gasteiger partial charge in [-0.2, -0.15) is 0 Å². The molecule has 94 valence electrons. The third-order valence-corrected chi connectivity index (χ3v) is 2.30. The van der Waals surface area contributed by atoms with Crippen LogP contribution >= 0.6 is 0 Å². The average molecular weight is 231 g/mol. The van der Waals surface area contributed by atoms with E-state index in [1.165, 1.54) is 6.92 Å². The lowest BCUT2D eigenvalue weighted by Gasteiger charge is -2.21. The largest absolute Gasteiger partial charge is 0.462 e. The quantitative estimate of drug-likeness (QED) is 0.474. The Morgan fingerprint density at radius 2 is 2.12 bits per heavy atom. The first-order valence-electron chi connectivity index (χ1n) is 5.54. The topological polar surface area (TPSA) is 75.6 Å². The number of aliphatic hydroxyl groups is 1. The highest BCUT2D eigenvalue weighted by Gasteiger charge is 2.17. The normalized spacial score (nSPS) is 16.0. The van der Waals surface area contributed by atoms with Crippen molar-refractivity contribution >= 4 is 12.4 Å². The summed E-state index contributed by atoms with van der Waals surface area (Å²) in [5.41, 5.74) is 0. The van der Waals surface area contributed by atoms with Gasteiger partial charge in [0.15, 0.2) is 0 Å². The first-order chi connectivity index (χ1) is 7.49. The predicted molar refractivity (Wildman–Crippen MR) is 59.7 cm³/mol. The monoisotopic (exact) mass is 231 g/mol. The van der Waals surface area contributed by atoms with Gasteiger partial charge in [0.2, 0.25) is 6.41 Å². The molecule has 0 aromatic carbocycles. The van der Waals surface area contributed by atoms with Crippen LogP contribution in [0, 0.1) is 0 Å². The van der Waals surface area contributed by atoms with Crippen molar-refractivity contribution in [3.63, 3.8) is 0 Å². The highest BCUT2D eigenvalue weighted by atomic mass is 16.5. The molecule has 0 saturated carbocycles. The van der Waals surface area contributed by atoms with Gasteiger partial charge in [-0.05, 0) is 19.8 Å². The van der Waals surface area contributed by atoms with Crippen LogP contribution in [0.15, 0.2) is 0 Å². The first-order valence-corrected chi connectivity index (χ1v) is 5.54. The van der Waals surface area contributed by atoms with E-state index in [-0.39, 0.29) is 18.1 Å². The van der Waals surface area contributed by atoms with Crippen molar-refractivity contribution in [3.8, 4) is 0 Å². The van der Waals surface area contributed by atoms with E-state index < -0.39 is 6.10 Å². The SMILES string of the molecule is CCC(CC(O)CC(C)NC=O)OC(C)=O. The second-order valence-electron chi connectivity index (χ2n) is 3.95. The number of carbonyl (C=O) groups excluding carboxylic acids is 2. The minimum Gasteiger partial charge on any atom is -0.462 e. The van der Waals surface area contributed by atoms with E-state index in [0.29, 0.717) is 25.7 Å². The van der Waals surface area contributed by atoms with Crippen LogP contribution in [0.4, 0.5) is 0 Å². The van der Waals surface area contributed by atoms with Gasteiger partial charge in [-0.15, -0.1) is 0 Å². The maximum Gasteiger partial charge on any atom is 0.302 e. The standard InChI is InChI=1S/C11H21NO4/c1-4-11(16-9(3)14)6-10(15)5-8(2)12-7-13/h7-8,10-11,15H,4-6H2,1-3H3,(H,12,13). The van der Waals surface area contributed by atoms with Crippen LogP contribution in [0.1, 0.15) is 40.0 Å². The molecule has 0 radical (unpaired) electrons. The molecule has 0 spiro atoms. The van der Waals surface area contributed by atoms with Crippen LogP contribution in [-0.2, 0) is 14.3 Å². The zero-order valence-corrected chi connectivity index (χ0v) is 10.1. The van der Waals surface area contributed by atoms with Crippen LogP contribution in [0.25, 0.3) is 0 Å². The third kappa shape index (κ3) is 7.23. The van der Waals surface area contributed by atoms with E-state index in [1.54, 1.807) is 0 Å². The first kappa shape index (κ1) is 14.9.